The van der Waals surface area contributed by atoms with Crippen LogP contribution in [0.5, 0.6) is 0 Å². The van der Waals surface area contributed by atoms with Gasteiger partial charge < -0.3 is 0 Å². The van der Waals surface area contributed by atoms with Crippen LogP contribution in [0, 0.1) is 0 Å². The van der Waals surface area contributed by atoms with Gasteiger partial charge in [0.1, 0.15) is 0 Å². The minimum Gasteiger partial charge on any atom is -0.289 e. The van der Waals surface area contributed by atoms with Gasteiger partial charge in [-0.2, -0.15) is 0 Å². The summed E-state index contributed by atoms with van der Waals surface area (Å²) >= 11 is 9.55. The Hall–Kier alpha value is -1.89. The number of allylic oxidation sites excluding steroid dienone is 3. The third kappa shape index (κ3) is 4.69. The highest BCUT2D eigenvalue weighted by molar-refractivity contribution is 9.10. The van der Waals surface area contributed by atoms with Crippen LogP contribution in [-0.2, 0) is 10.0 Å². The molecule has 0 radical (unpaired) electrons. The fourth-order valence-electron chi connectivity index (χ4n) is 2.63. The highest BCUT2D eigenvalue weighted by atomic mass is 79.9. The lowest BCUT2D eigenvalue weighted by Crippen LogP contribution is -2.20. The van der Waals surface area contributed by atoms with Gasteiger partial charge in [0.2, 0.25) is 0 Å². The molecule has 0 aliphatic heterocycles. The Bertz CT molecular complexity index is 1040. The van der Waals surface area contributed by atoms with E-state index in [0.29, 0.717) is 17.0 Å². The summed E-state index contributed by atoms with van der Waals surface area (Å²) in [7, 11) is -3.83. The number of benzene rings is 2. The summed E-state index contributed by atoms with van der Waals surface area (Å²) in [4.78, 5) is 13.0. The van der Waals surface area contributed by atoms with Crippen LogP contribution in [0.4, 0.5) is 5.69 Å². The Morgan fingerprint density at radius 2 is 1.89 bits per heavy atom. The summed E-state index contributed by atoms with van der Waals surface area (Å²) in [6, 6.07) is 13.1. The van der Waals surface area contributed by atoms with Crippen molar-refractivity contribution < 1.29 is 13.2 Å². The number of ketones is 1. The number of alkyl halides is 1. The fourth-order valence-corrected chi connectivity index (χ4v) is 4.23. The third-order valence-electron chi connectivity index (χ3n) is 4.11. The van der Waals surface area contributed by atoms with Crippen LogP contribution in [0.25, 0.3) is 0 Å². The Morgan fingerprint density at radius 3 is 2.52 bits per heavy atom. The number of carbonyl (C=O) groups is 1. The molecule has 0 amide bonds. The number of hydrogen-bond donors (Lipinski definition) is 1. The summed E-state index contributed by atoms with van der Waals surface area (Å²) in [5, 5.41) is 0.351. The minimum atomic E-state index is -3.83. The second kappa shape index (κ2) is 7.62. The van der Waals surface area contributed by atoms with Crippen molar-refractivity contribution in [1.29, 1.82) is 0 Å². The molecular weight excluding hydrogens is 450 g/mol. The molecule has 27 heavy (non-hydrogen) atoms. The van der Waals surface area contributed by atoms with Gasteiger partial charge >= 0.3 is 0 Å². The molecule has 1 aliphatic rings. The maximum atomic E-state index is 12.8. The molecule has 0 spiro atoms. The normalized spacial score (nSPS) is 19.4. The van der Waals surface area contributed by atoms with Gasteiger partial charge in [-0.05, 0) is 37.6 Å². The van der Waals surface area contributed by atoms with Crippen LogP contribution in [0.15, 0.2) is 71.7 Å². The first-order valence-electron chi connectivity index (χ1n) is 8.18. The molecule has 0 aromatic heterocycles. The SMILES string of the molecule is CC1(Br)C=CC(S(=O)(=O)Nc2ccc(Cl)cc2C(=O)c2ccccc2)=CC1. The van der Waals surface area contributed by atoms with Gasteiger partial charge in [0.25, 0.3) is 10.0 Å². The smallest absolute Gasteiger partial charge is 0.261 e. The average Bonchev–Trinajstić information content (AvgIpc) is 2.63. The van der Waals surface area contributed by atoms with Crippen LogP contribution < -0.4 is 4.72 Å². The molecule has 140 valence electrons. The lowest BCUT2D eigenvalue weighted by Gasteiger charge is -2.21. The summed E-state index contributed by atoms with van der Waals surface area (Å²) in [6.07, 6.45) is 5.52. The van der Waals surface area contributed by atoms with Gasteiger partial charge in [0, 0.05) is 20.5 Å². The quantitative estimate of drug-likeness (QED) is 0.480. The van der Waals surface area contributed by atoms with E-state index in [9.17, 15) is 13.2 Å². The van der Waals surface area contributed by atoms with Crippen LogP contribution in [0.3, 0.4) is 0 Å². The summed E-state index contributed by atoms with van der Waals surface area (Å²) in [5.74, 6) is -0.308. The van der Waals surface area contributed by atoms with Crippen molar-refractivity contribution in [3.05, 3.63) is 87.8 Å². The summed E-state index contributed by atoms with van der Waals surface area (Å²) < 4.78 is 27.8. The number of rotatable bonds is 5. The second-order valence-corrected chi connectivity index (χ2v) is 10.3. The molecule has 0 saturated carbocycles. The predicted molar refractivity (Wildman–Crippen MR) is 113 cm³/mol. The number of hydrogen-bond acceptors (Lipinski definition) is 3. The fraction of sp³-hybridized carbons (Fsp3) is 0.150. The highest BCUT2D eigenvalue weighted by Crippen LogP contribution is 2.32. The molecule has 0 saturated heterocycles. The summed E-state index contributed by atoms with van der Waals surface area (Å²) in [6.45, 7) is 1.95. The van der Waals surface area contributed by atoms with Gasteiger partial charge in [-0.25, -0.2) is 8.42 Å². The molecule has 1 atom stereocenters. The molecule has 0 bridgehead atoms. The predicted octanol–water partition coefficient (Wildman–Crippen LogP) is 5.31. The highest BCUT2D eigenvalue weighted by Gasteiger charge is 2.25. The molecular formula is C20H17BrClNO3S. The van der Waals surface area contributed by atoms with E-state index in [1.807, 2.05) is 6.92 Å². The van der Waals surface area contributed by atoms with Gasteiger partial charge in [0.05, 0.1) is 10.6 Å². The van der Waals surface area contributed by atoms with Crippen molar-refractivity contribution in [2.75, 3.05) is 4.72 Å². The molecule has 2 aromatic rings. The molecule has 2 aromatic carbocycles. The lowest BCUT2D eigenvalue weighted by molar-refractivity contribution is 0.103. The molecule has 0 fully saturated rings. The van der Waals surface area contributed by atoms with Gasteiger partial charge in [0.15, 0.2) is 5.78 Å². The van der Waals surface area contributed by atoms with Crippen molar-refractivity contribution in [2.24, 2.45) is 0 Å². The van der Waals surface area contributed by atoms with Gasteiger partial charge in [-0.3, -0.25) is 9.52 Å². The van der Waals surface area contributed by atoms with Crippen molar-refractivity contribution in [3.63, 3.8) is 0 Å². The Morgan fingerprint density at radius 1 is 1.19 bits per heavy atom. The van der Waals surface area contributed by atoms with Crippen molar-refractivity contribution in [3.8, 4) is 0 Å². The summed E-state index contributed by atoms with van der Waals surface area (Å²) in [5.41, 5.74) is 0.838. The zero-order valence-corrected chi connectivity index (χ0v) is 17.6. The van der Waals surface area contributed by atoms with E-state index in [0.717, 1.165) is 0 Å². The zero-order valence-electron chi connectivity index (χ0n) is 14.4. The van der Waals surface area contributed by atoms with Gasteiger partial charge in [-0.15, -0.1) is 0 Å². The third-order valence-corrected chi connectivity index (χ3v) is 6.35. The van der Waals surface area contributed by atoms with E-state index < -0.39 is 10.0 Å². The largest absolute Gasteiger partial charge is 0.289 e. The van der Waals surface area contributed by atoms with Crippen LogP contribution in [0.1, 0.15) is 29.3 Å². The maximum Gasteiger partial charge on any atom is 0.261 e. The Kier molecular flexibility index (Phi) is 5.60. The topological polar surface area (TPSA) is 63.2 Å². The molecule has 1 aliphatic carbocycles. The molecule has 7 heteroatoms. The molecule has 3 rings (SSSR count). The van der Waals surface area contributed by atoms with Crippen molar-refractivity contribution in [1.82, 2.24) is 0 Å². The zero-order chi connectivity index (χ0) is 19.7. The molecule has 0 heterocycles. The molecule has 1 unspecified atom stereocenters. The Balaban J connectivity index is 1.95. The van der Waals surface area contributed by atoms with E-state index in [1.54, 1.807) is 54.6 Å². The standard InChI is InChI=1S/C20H17BrClNO3S/c1-20(21)11-9-16(10-12-20)27(25,26)23-18-8-7-15(22)13-17(18)19(24)14-5-3-2-4-6-14/h2-11,13,23H,12H2,1H3. The van der Waals surface area contributed by atoms with Crippen LogP contribution in [-0.4, -0.2) is 18.5 Å². The lowest BCUT2D eigenvalue weighted by atomic mass is 10.0. The second-order valence-electron chi connectivity index (χ2n) is 6.41. The Labute approximate surface area is 172 Å². The van der Waals surface area contributed by atoms with Gasteiger partial charge in [-0.1, -0.05) is 70.0 Å². The minimum absolute atomic E-state index is 0.160. The van der Waals surface area contributed by atoms with E-state index in [1.165, 1.54) is 12.1 Å². The molecule has 1 N–H and O–H groups in total. The van der Waals surface area contributed by atoms with E-state index in [-0.39, 0.29) is 26.3 Å². The first-order chi connectivity index (χ1) is 12.7. The van der Waals surface area contributed by atoms with Crippen LogP contribution >= 0.6 is 27.5 Å². The van der Waals surface area contributed by atoms with Crippen molar-refractivity contribution >= 4 is 49.0 Å². The van der Waals surface area contributed by atoms with E-state index in [2.05, 4.69) is 20.7 Å². The van der Waals surface area contributed by atoms with Crippen molar-refractivity contribution in [2.45, 2.75) is 17.7 Å². The van der Waals surface area contributed by atoms with E-state index >= 15 is 0 Å². The maximum absolute atomic E-state index is 12.8. The average molecular weight is 467 g/mol. The van der Waals surface area contributed by atoms with E-state index in [4.69, 9.17) is 11.6 Å². The number of nitrogens with one attached hydrogen (secondary N) is 1. The first-order valence-corrected chi connectivity index (χ1v) is 10.8. The number of anilines is 1. The number of halogens is 2. The first kappa shape index (κ1) is 19.9. The monoisotopic (exact) mass is 465 g/mol. The number of carbonyl (C=O) groups excluding carboxylic acids is 1. The van der Waals surface area contributed by atoms with Crippen LogP contribution in [0.2, 0.25) is 5.02 Å². The molecule has 4 nitrogen and oxygen atoms in total. The number of sulfonamides is 1.